The highest BCUT2D eigenvalue weighted by atomic mass is 35.5. The van der Waals surface area contributed by atoms with Gasteiger partial charge in [0.15, 0.2) is 0 Å². The summed E-state index contributed by atoms with van der Waals surface area (Å²) in [5.74, 6) is 0. The van der Waals surface area contributed by atoms with Crippen LogP contribution in [0.1, 0.15) is 13.3 Å². The van der Waals surface area contributed by atoms with E-state index in [2.05, 4.69) is 22.0 Å². The molecule has 0 aromatic heterocycles. The zero-order chi connectivity index (χ0) is 17.1. The summed E-state index contributed by atoms with van der Waals surface area (Å²) in [7, 11) is 0. The van der Waals surface area contributed by atoms with Crippen LogP contribution in [0, 0.1) is 0 Å². The van der Waals surface area contributed by atoms with Crippen LogP contribution in [0.3, 0.4) is 0 Å². The first-order valence-corrected chi connectivity index (χ1v) is 9.30. The zero-order valence-electron chi connectivity index (χ0n) is 14.0. The molecule has 2 fully saturated rings. The smallest absolute Gasteiger partial charge is 0.321 e. The summed E-state index contributed by atoms with van der Waals surface area (Å²) in [5.41, 5.74) is 0.672. The number of hydrogen-bond acceptors (Lipinski definition) is 3. The normalized spacial score (nSPS) is 22.8. The fourth-order valence-corrected chi connectivity index (χ4v) is 3.76. The number of carbonyl (C=O) groups is 1. The topological polar surface area (TPSA) is 38.8 Å². The number of likely N-dealkylation sites (N-methyl/N-ethyl adjacent to an activating group) is 1. The van der Waals surface area contributed by atoms with E-state index in [0.29, 0.717) is 21.8 Å². The van der Waals surface area contributed by atoms with Gasteiger partial charge < -0.3 is 15.1 Å². The minimum Gasteiger partial charge on any atom is -0.322 e. The van der Waals surface area contributed by atoms with E-state index in [-0.39, 0.29) is 6.03 Å². The average Bonchev–Trinajstić information content (AvgIpc) is 3.07. The van der Waals surface area contributed by atoms with Crippen molar-refractivity contribution in [3.05, 3.63) is 28.2 Å². The molecule has 2 amide bonds. The number of anilines is 1. The van der Waals surface area contributed by atoms with Gasteiger partial charge in [-0.25, -0.2) is 4.79 Å². The number of nitrogens with one attached hydrogen (secondary N) is 1. The van der Waals surface area contributed by atoms with E-state index in [1.54, 1.807) is 18.2 Å². The van der Waals surface area contributed by atoms with Crippen molar-refractivity contribution in [2.24, 2.45) is 0 Å². The van der Waals surface area contributed by atoms with Crippen LogP contribution >= 0.6 is 23.2 Å². The molecule has 1 atom stereocenters. The number of carbonyl (C=O) groups excluding carboxylic acids is 1. The number of rotatable bonds is 3. The summed E-state index contributed by atoms with van der Waals surface area (Å²) in [5, 5.41) is 3.83. The van der Waals surface area contributed by atoms with Crippen molar-refractivity contribution in [2.75, 3.05) is 51.1 Å². The van der Waals surface area contributed by atoms with Crippen molar-refractivity contribution in [1.82, 2.24) is 14.7 Å². The van der Waals surface area contributed by atoms with Crippen molar-refractivity contribution < 1.29 is 4.79 Å². The predicted molar refractivity (Wildman–Crippen MR) is 99.1 cm³/mol. The molecule has 7 heteroatoms. The molecule has 0 saturated carbocycles. The Balaban J connectivity index is 1.49. The van der Waals surface area contributed by atoms with Crippen molar-refractivity contribution in [3.63, 3.8) is 0 Å². The molecule has 2 heterocycles. The molecule has 1 aromatic rings. The summed E-state index contributed by atoms with van der Waals surface area (Å²) >= 11 is 11.9. The first-order valence-electron chi connectivity index (χ1n) is 8.54. The van der Waals surface area contributed by atoms with E-state index in [1.807, 2.05) is 4.90 Å². The van der Waals surface area contributed by atoms with Gasteiger partial charge in [-0.1, -0.05) is 30.1 Å². The molecule has 1 N–H and O–H groups in total. The third kappa shape index (κ3) is 4.14. The SMILES string of the molecule is CCN1CCC(N2CCN(C(=O)Nc3ccc(Cl)c(Cl)c3)CC2)C1. The van der Waals surface area contributed by atoms with Gasteiger partial charge in [-0.05, 0) is 37.7 Å². The van der Waals surface area contributed by atoms with E-state index >= 15 is 0 Å². The van der Waals surface area contributed by atoms with Gasteiger partial charge in [0.1, 0.15) is 0 Å². The van der Waals surface area contributed by atoms with Gasteiger partial charge in [-0.2, -0.15) is 0 Å². The molecule has 3 rings (SSSR count). The number of hydrogen-bond donors (Lipinski definition) is 1. The van der Waals surface area contributed by atoms with Crippen LogP contribution in [-0.2, 0) is 0 Å². The van der Waals surface area contributed by atoms with Crippen LogP contribution in [0.15, 0.2) is 18.2 Å². The van der Waals surface area contributed by atoms with Crippen LogP contribution in [0.25, 0.3) is 0 Å². The second-order valence-electron chi connectivity index (χ2n) is 6.42. The van der Waals surface area contributed by atoms with Gasteiger partial charge in [-0.3, -0.25) is 4.90 Å². The van der Waals surface area contributed by atoms with Gasteiger partial charge in [0.25, 0.3) is 0 Å². The summed E-state index contributed by atoms with van der Waals surface area (Å²) < 4.78 is 0. The second-order valence-corrected chi connectivity index (χ2v) is 7.23. The van der Waals surface area contributed by atoms with Crippen LogP contribution in [0.5, 0.6) is 0 Å². The molecule has 132 valence electrons. The summed E-state index contributed by atoms with van der Waals surface area (Å²) in [6.45, 7) is 9.10. The average molecular weight is 371 g/mol. The molecule has 1 unspecified atom stereocenters. The van der Waals surface area contributed by atoms with E-state index in [9.17, 15) is 4.79 Å². The lowest BCUT2D eigenvalue weighted by Crippen LogP contribution is -2.53. The molecule has 0 bridgehead atoms. The van der Waals surface area contributed by atoms with Crippen molar-refractivity contribution in [3.8, 4) is 0 Å². The first kappa shape index (κ1) is 17.8. The summed E-state index contributed by atoms with van der Waals surface area (Å²) in [6.07, 6.45) is 1.24. The van der Waals surface area contributed by atoms with Gasteiger partial charge in [0.2, 0.25) is 0 Å². The predicted octanol–water partition coefficient (Wildman–Crippen LogP) is 3.24. The summed E-state index contributed by atoms with van der Waals surface area (Å²) in [4.78, 5) is 19.3. The molecule has 2 aliphatic heterocycles. The lowest BCUT2D eigenvalue weighted by Gasteiger charge is -2.38. The zero-order valence-corrected chi connectivity index (χ0v) is 15.5. The molecule has 2 aliphatic rings. The first-order chi connectivity index (χ1) is 11.6. The van der Waals surface area contributed by atoms with Gasteiger partial charge in [-0.15, -0.1) is 0 Å². The molecule has 0 spiro atoms. The molecule has 2 saturated heterocycles. The molecule has 0 radical (unpaired) electrons. The van der Waals surface area contributed by atoms with Crippen molar-refractivity contribution in [2.45, 2.75) is 19.4 Å². The highest BCUT2D eigenvalue weighted by Gasteiger charge is 2.30. The molecular formula is C17H24Cl2N4O. The molecular weight excluding hydrogens is 347 g/mol. The number of likely N-dealkylation sites (tertiary alicyclic amines) is 1. The Hall–Kier alpha value is -1.01. The van der Waals surface area contributed by atoms with Crippen LogP contribution in [0.4, 0.5) is 10.5 Å². The molecule has 5 nitrogen and oxygen atoms in total. The fourth-order valence-electron chi connectivity index (χ4n) is 3.46. The maximum absolute atomic E-state index is 12.4. The fraction of sp³-hybridized carbons (Fsp3) is 0.588. The Morgan fingerprint density at radius 3 is 2.54 bits per heavy atom. The summed E-state index contributed by atoms with van der Waals surface area (Å²) in [6, 6.07) is 5.70. The Morgan fingerprint density at radius 1 is 1.17 bits per heavy atom. The third-order valence-corrected chi connectivity index (χ3v) is 5.72. The highest BCUT2D eigenvalue weighted by Crippen LogP contribution is 2.25. The Labute approximate surface area is 153 Å². The maximum atomic E-state index is 12.4. The number of halogens is 2. The minimum atomic E-state index is -0.0744. The minimum absolute atomic E-state index is 0.0744. The largest absolute Gasteiger partial charge is 0.322 e. The number of piperazine rings is 1. The number of nitrogens with zero attached hydrogens (tertiary/aromatic N) is 3. The standard InChI is InChI=1S/C17H24Cl2N4O/c1-2-21-6-5-14(12-21)22-7-9-23(10-8-22)17(24)20-13-3-4-15(18)16(19)11-13/h3-4,11,14H,2,5-10,12H2,1H3,(H,20,24). The van der Waals surface area contributed by atoms with E-state index < -0.39 is 0 Å². The quantitative estimate of drug-likeness (QED) is 0.887. The molecule has 24 heavy (non-hydrogen) atoms. The van der Waals surface area contributed by atoms with Crippen LogP contribution in [-0.4, -0.2) is 72.6 Å². The monoisotopic (exact) mass is 370 g/mol. The number of urea groups is 1. The Morgan fingerprint density at radius 2 is 1.92 bits per heavy atom. The van der Waals surface area contributed by atoms with Gasteiger partial charge >= 0.3 is 6.03 Å². The highest BCUT2D eigenvalue weighted by molar-refractivity contribution is 6.42. The van der Waals surface area contributed by atoms with Gasteiger partial charge in [0, 0.05) is 44.5 Å². The van der Waals surface area contributed by atoms with E-state index in [0.717, 1.165) is 39.3 Å². The number of benzene rings is 1. The molecule has 0 aliphatic carbocycles. The molecule has 1 aromatic carbocycles. The van der Waals surface area contributed by atoms with Crippen LogP contribution < -0.4 is 5.32 Å². The maximum Gasteiger partial charge on any atom is 0.321 e. The lowest BCUT2D eigenvalue weighted by atomic mass is 10.2. The van der Waals surface area contributed by atoms with Crippen molar-refractivity contribution in [1.29, 1.82) is 0 Å². The Kier molecular flexibility index (Phi) is 5.87. The van der Waals surface area contributed by atoms with E-state index in [1.165, 1.54) is 13.0 Å². The number of amides is 2. The van der Waals surface area contributed by atoms with E-state index in [4.69, 9.17) is 23.2 Å². The van der Waals surface area contributed by atoms with Crippen LogP contribution in [0.2, 0.25) is 10.0 Å². The van der Waals surface area contributed by atoms with Crippen molar-refractivity contribution >= 4 is 34.9 Å². The lowest BCUT2D eigenvalue weighted by molar-refractivity contribution is 0.114. The van der Waals surface area contributed by atoms with Gasteiger partial charge in [0.05, 0.1) is 10.0 Å². The second kappa shape index (κ2) is 7.91. The Bertz CT molecular complexity index is 590. The third-order valence-electron chi connectivity index (χ3n) is 4.98.